The van der Waals surface area contributed by atoms with Gasteiger partial charge >= 0.3 is 5.97 Å². The molecule has 1 unspecified atom stereocenters. The van der Waals surface area contributed by atoms with E-state index in [0.717, 1.165) is 10.7 Å². The van der Waals surface area contributed by atoms with E-state index in [9.17, 15) is 9.90 Å². The number of carboxylic acids is 1. The highest BCUT2D eigenvalue weighted by atomic mass is 32.1. The number of nitrogens with zero attached hydrogens (tertiary/aromatic N) is 3. The first kappa shape index (κ1) is 12.8. The van der Waals surface area contributed by atoms with Gasteiger partial charge in [-0.05, 0) is 26.0 Å². The largest absolute Gasteiger partial charge is 0.478 e. The molecule has 5 nitrogen and oxygen atoms in total. The predicted octanol–water partition coefficient (Wildman–Crippen LogP) is 3.11. The maximum atomic E-state index is 11.4. The summed E-state index contributed by atoms with van der Waals surface area (Å²) in [7, 11) is 0. The Morgan fingerprint density at radius 1 is 1.45 bits per heavy atom. The summed E-state index contributed by atoms with van der Waals surface area (Å²) in [6.45, 7) is 3.94. The Morgan fingerprint density at radius 3 is 2.90 bits per heavy atom. The van der Waals surface area contributed by atoms with Crippen LogP contribution in [0.3, 0.4) is 0 Å². The van der Waals surface area contributed by atoms with Crippen LogP contribution in [0.4, 0.5) is 0 Å². The number of hydrogen-bond donors (Lipinski definition) is 1. The molecule has 1 N–H and O–H groups in total. The summed E-state index contributed by atoms with van der Waals surface area (Å²) in [6.07, 6.45) is 1.68. The number of imidazole rings is 1. The van der Waals surface area contributed by atoms with Crippen LogP contribution in [0, 0.1) is 6.92 Å². The summed E-state index contributed by atoms with van der Waals surface area (Å²) in [5, 5.41) is 12.3. The lowest BCUT2D eigenvalue weighted by Crippen LogP contribution is -2.08. The monoisotopic (exact) mass is 287 g/mol. The molecule has 0 spiro atoms. The van der Waals surface area contributed by atoms with Gasteiger partial charge in [-0.25, -0.2) is 14.8 Å². The number of fused-ring (bicyclic) bond motifs is 1. The molecular formula is C14H13N3O2S. The summed E-state index contributed by atoms with van der Waals surface area (Å²) in [5.74, 6) is -0.945. The average Bonchev–Trinajstić information content (AvgIpc) is 3.03. The van der Waals surface area contributed by atoms with E-state index in [0.29, 0.717) is 11.0 Å². The molecular weight excluding hydrogens is 274 g/mol. The van der Waals surface area contributed by atoms with Gasteiger partial charge in [0.15, 0.2) is 0 Å². The number of hydrogen-bond acceptors (Lipinski definition) is 4. The van der Waals surface area contributed by atoms with Crippen LogP contribution in [0.5, 0.6) is 0 Å². The fraction of sp³-hybridized carbons (Fsp3) is 0.214. The van der Waals surface area contributed by atoms with Gasteiger partial charge < -0.3 is 9.67 Å². The van der Waals surface area contributed by atoms with Crippen molar-refractivity contribution in [2.24, 2.45) is 0 Å². The molecule has 0 saturated heterocycles. The minimum Gasteiger partial charge on any atom is -0.478 e. The molecule has 3 aromatic rings. The number of thiazole rings is 1. The third kappa shape index (κ3) is 1.98. The zero-order chi connectivity index (χ0) is 14.3. The Morgan fingerprint density at radius 2 is 2.25 bits per heavy atom. The van der Waals surface area contributed by atoms with Gasteiger partial charge in [0, 0.05) is 11.1 Å². The minimum absolute atomic E-state index is 0.0424. The van der Waals surface area contributed by atoms with E-state index in [2.05, 4.69) is 9.97 Å². The first-order chi connectivity index (χ1) is 9.58. The van der Waals surface area contributed by atoms with Crippen LogP contribution in [0.2, 0.25) is 0 Å². The third-order valence-electron chi connectivity index (χ3n) is 3.24. The lowest BCUT2D eigenvalue weighted by molar-refractivity contribution is 0.0698. The number of aromatic carboxylic acids is 1. The van der Waals surface area contributed by atoms with E-state index in [1.54, 1.807) is 29.8 Å². The van der Waals surface area contributed by atoms with Crippen molar-refractivity contribution in [1.29, 1.82) is 0 Å². The van der Waals surface area contributed by atoms with E-state index in [-0.39, 0.29) is 11.6 Å². The maximum absolute atomic E-state index is 11.4. The zero-order valence-corrected chi connectivity index (χ0v) is 11.9. The number of aryl methyl sites for hydroxylation is 1. The molecule has 1 atom stereocenters. The number of para-hydroxylation sites is 1. The van der Waals surface area contributed by atoms with Crippen molar-refractivity contribution in [3.63, 3.8) is 0 Å². The van der Waals surface area contributed by atoms with Crippen molar-refractivity contribution in [3.05, 3.63) is 46.2 Å². The average molecular weight is 287 g/mol. The second-order valence-corrected chi connectivity index (χ2v) is 5.52. The van der Waals surface area contributed by atoms with Gasteiger partial charge in [-0.15, -0.1) is 11.3 Å². The Balaban J connectivity index is 2.19. The molecule has 0 bridgehead atoms. The van der Waals surface area contributed by atoms with E-state index in [1.165, 1.54) is 0 Å². The Kier molecular flexibility index (Phi) is 3.02. The highest BCUT2D eigenvalue weighted by Gasteiger charge is 2.19. The zero-order valence-electron chi connectivity index (χ0n) is 11.1. The number of carboxylic acid groups (broad SMARTS) is 1. The van der Waals surface area contributed by atoms with Gasteiger partial charge in [0.1, 0.15) is 5.01 Å². The summed E-state index contributed by atoms with van der Waals surface area (Å²) in [5.41, 5.74) is 2.56. The van der Waals surface area contributed by atoms with E-state index in [4.69, 9.17) is 0 Å². The van der Waals surface area contributed by atoms with Gasteiger partial charge in [-0.2, -0.15) is 0 Å². The molecule has 0 fully saturated rings. The van der Waals surface area contributed by atoms with E-state index in [1.807, 2.05) is 29.9 Å². The van der Waals surface area contributed by atoms with Crippen molar-refractivity contribution in [2.45, 2.75) is 19.9 Å². The molecule has 102 valence electrons. The van der Waals surface area contributed by atoms with Crippen LogP contribution in [-0.4, -0.2) is 25.6 Å². The summed E-state index contributed by atoms with van der Waals surface area (Å²) in [6, 6.07) is 5.08. The molecule has 0 saturated carbocycles. The van der Waals surface area contributed by atoms with Gasteiger partial charge in [0.2, 0.25) is 0 Å². The van der Waals surface area contributed by atoms with Gasteiger partial charge in [-0.1, -0.05) is 6.07 Å². The van der Waals surface area contributed by atoms with Crippen LogP contribution in [0.25, 0.3) is 11.0 Å². The fourth-order valence-electron chi connectivity index (χ4n) is 2.24. The molecule has 0 aliphatic carbocycles. The van der Waals surface area contributed by atoms with Crippen LogP contribution in [0.1, 0.15) is 34.0 Å². The molecule has 3 rings (SSSR count). The number of aromatic nitrogens is 3. The van der Waals surface area contributed by atoms with E-state index >= 15 is 0 Å². The lowest BCUT2D eigenvalue weighted by atomic mass is 10.1. The highest BCUT2D eigenvalue weighted by molar-refractivity contribution is 7.09. The summed E-state index contributed by atoms with van der Waals surface area (Å²) >= 11 is 1.57. The Bertz CT molecular complexity index is 791. The number of benzene rings is 1. The SMILES string of the molecule is Cc1csc(C(C)n2cnc3cccc(C(=O)O)c32)n1. The molecule has 20 heavy (non-hydrogen) atoms. The quantitative estimate of drug-likeness (QED) is 0.803. The first-order valence-electron chi connectivity index (χ1n) is 6.19. The van der Waals surface area contributed by atoms with Crippen LogP contribution in [-0.2, 0) is 0 Å². The van der Waals surface area contributed by atoms with Gasteiger partial charge in [0.05, 0.1) is 29.0 Å². The van der Waals surface area contributed by atoms with Crippen molar-refractivity contribution < 1.29 is 9.90 Å². The van der Waals surface area contributed by atoms with E-state index < -0.39 is 5.97 Å². The Labute approximate surface area is 119 Å². The van der Waals surface area contributed by atoms with Crippen molar-refractivity contribution >= 4 is 28.3 Å². The lowest BCUT2D eigenvalue weighted by Gasteiger charge is -2.12. The molecule has 0 aliphatic rings. The predicted molar refractivity (Wildman–Crippen MR) is 77.4 cm³/mol. The second kappa shape index (κ2) is 4.72. The van der Waals surface area contributed by atoms with Gasteiger partial charge in [-0.3, -0.25) is 0 Å². The van der Waals surface area contributed by atoms with Crippen LogP contribution < -0.4 is 0 Å². The van der Waals surface area contributed by atoms with Gasteiger partial charge in [0.25, 0.3) is 0 Å². The fourth-order valence-corrected chi connectivity index (χ4v) is 3.09. The molecule has 1 aromatic carbocycles. The second-order valence-electron chi connectivity index (χ2n) is 4.63. The number of rotatable bonds is 3. The number of carbonyl (C=O) groups is 1. The topological polar surface area (TPSA) is 68.0 Å². The van der Waals surface area contributed by atoms with Crippen LogP contribution in [0.15, 0.2) is 29.9 Å². The Hall–Kier alpha value is -2.21. The highest BCUT2D eigenvalue weighted by Crippen LogP contribution is 2.27. The standard InChI is InChI=1S/C14H13N3O2S/c1-8-6-20-13(16-8)9(2)17-7-15-11-5-3-4-10(12(11)17)14(18)19/h3-7,9H,1-2H3,(H,18,19). The van der Waals surface area contributed by atoms with Crippen molar-refractivity contribution in [2.75, 3.05) is 0 Å². The molecule has 6 heteroatoms. The van der Waals surface area contributed by atoms with Crippen molar-refractivity contribution in [1.82, 2.24) is 14.5 Å². The van der Waals surface area contributed by atoms with Crippen LogP contribution >= 0.6 is 11.3 Å². The third-order valence-corrected chi connectivity index (χ3v) is 4.37. The smallest absolute Gasteiger partial charge is 0.337 e. The molecule has 2 heterocycles. The molecule has 0 amide bonds. The molecule has 0 aliphatic heterocycles. The summed E-state index contributed by atoms with van der Waals surface area (Å²) < 4.78 is 1.87. The summed E-state index contributed by atoms with van der Waals surface area (Å²) in [4.78, 5) is 20.1. The maximum Gasteiger partial charge on any atom is 0.337 e. The normalized spacial score (nSPS) is 12.7. The van der Waals surface area contributed by atoms with Crippen molar-refractivity contribution in [3.8, 4) is 0 Å². The molecule has 0 radical (unpaired) electrons. The minimum atomic E-state index is -0.945. The first-order valence-corrected chi connectivity index (χ1v) is 7.06. The molecule has 2 aromatic heterocycles.